The molecule has 1 fully saturated rings. The maximum atomic E-state index is 10.3. The van der Waals surface area contributed by atoms with E-state index in [4.69, 9.17) is 4.74 Å². The molecule has 1 aliphatic rings. The zero-order valence-electron chi connectivity index (χ0n) is 8.87. The predicted octanol–water partition coefficient (Wildman–Crippen LogP) is 0.791. The van der Waals surface area contributed by atoms with Gasteiger partial charge >= 0.3 is 0 Å². The topological polar surface area (TPSA) is 49.7 Å². The first-order chi connectivity index (χ1) is 5.84. The van der Waals surface area contributed by atoms with Crippen LogP contribution >= 0.6 is 0 Å². The van der Waals surface area contributed by atoms with Crippen LogP contribution in [0.5, 0.6) is 0 Å². The van der Waals surface area contributed by atoms with Gasteiger partial charge < -0.3 is 14.9 Å². The van der Waals surface area contributed by atoms with Gasteiger partial charge in [-0.15, -0.1) is 0 Å². The Morgan fingerprint density at radius 2 is 1.23 bits per heavy atom. The molecule has 0 spiro atoms. The summed E-state index contributed by atoms with van der Waals surface area (Å²) in [6.45, 7) is 8.09. The number of aliphatic hydroxyl groups is 2. The molecule has 1 aliphatic heterocycles. The Hall–Kier alpha value is -0.120. The SMILES string of the molecule is CC(C)C1(O)COC[C@@]1(O)C(C)C. The molecule has 13 heavy (non-hydrogen) atoms. The van der Waals surface area contributed by atoms with Gasteiger partial charge in [0.15, 0.2) is 0 Å². The van der Waals surface area contributed by atoms with Gasteiger partial charge in [0.2, 0.25) is 0 Å². The van der Waals surface area contributed by atoms with E-state index in [0.29, 0.717) is 0 Å². The first-order valence-electron chi connectivity index (χ1n) is 4.87. The number of hydrogen-bond donors (Lipinski definition) is 2. The lowest BCUT2D eigenvalue weighted by atomic mass is 9.72. The summed E-state index contributed by atoms with van der Waals surface area (Å²) in [5.74, 6) is 0.00444. The van der Waals surface area contributed by atoms with E-state index < -0.39 is 11.2 Å². The molecule has 0 aromatic rings. The van der Waals surface area contributed by atoms with E-state index in [1.165, 1.54) is 0 Å². The van der Waals surface area contributed by atoms with Crippen molar-refractivity contribution in [3.63, 3.8) is 0 Å². The summed E-state index contributed by atoms with van der Waals surface area (Å²) in [7, 11) is 0. The van der Waals surface area contributed by atoms with Crippen molar-refractivity contribution in [2.75, 3.05) is 13.2 Å². The highest BCUT2D eigenvalue weighted by Gasteiger charge is 2.57. The first-order valence-corrected chi connectivity index (χ1v) is 4.87. The van der Waals surface area contributed by atoms with Crippen LogP contribution in [-0.4, -0.2) is 34.6 Å². The molecule has 2 atom stereocenters. The average Bonchev–Trinajstić information content (AvgIpc) is 2.31. The largest absolute Gasteiger partial charge is 0.384 e. The molecule has 1 saturated heterocycles. The van der Waals surface area contributed by atoms with Crippen molar-refractivity contribution in [2.24, 2.45) is 11.8 Å². The molecule has 1 heterocycles. The second kappa shape index (κ2) is 3.23. The van der Waals surface area contributed by atoms with Crippen LogP contribution in [0.2, 0.25) is 0 Å². The monoisotopic (exact) mass is 188 g/mol. The summed E-state index contributed by atoms with van der Waals surface area (Å²) >= 11 is 0. The molecule has 3 nitrogen and oxygen atoms in total. The summed E-state index contributed by atoms with van der Waals surface area (Å²) in [5.41, 5.74) is -2.19. The van der Waals surface area contributed by atoms with E-state index in [-0.39, 0.29) is 25.0 Å². The normalized spacial score (nSPS) is 40.6. The van der Waals surface area contributed by atoms with Crippen molar-refractivity contribution in [2.45, 2.75) is 38.9 Å². The van der Waals surface area contributed by atoms with Crippen LogP contribution in [0.15, 0.2) is 0 Å². The average molecular weight is 188 g/mol. The fourth-order valence-corrected chi connectivity index (χ4v) is 1.95. The van der Waals surface area contributed by atoms with Crippen LogP contribution in [0.1, 0.15) is 27.7 Å². The summed E-state index contributed by atoms with van der Waals surface area (Å²) in [5, 5.41) is 20.6. The van der Waals surface area contributed by atoms with Crippen LogP contribution < -0.4 is 0 Å². The van der Waals surface area contributed by atoms with Gasteiger partial charge in [-0.1, -0.05) is 27.7 Å². The number of ether oxygens (including phenoxy) is 1. The Balaban J connectivity index is 2.97. The molecule has 1 unspecified atom stereocenters. The van der Waals surface area contributed by atoms with Crippen molar-refractivity contribution in [3.8, 4) is 0 Å². The maximum absolute atomic E-state index is 10.3. The van der Waals surface area contributed by atoms with Gasteiger partial charge in [0, 0.05) is 0 Å². The molecular weight excluding hydrogens is 168 g/mol. The van der Waals surface area contributed by atoms with Gasteiger partial charge in [-0.3, -0.25) is 0 Å². The summed E-state index contributed by atoms with van der Waals surface area (Å²) < 4.78 is 5.20. The molecule has 0 saturated carbocycles. The van der Waals surface area contributed by atoms with Crippen LogP contribution in [0.25, 0.3) is 0 Å². The molecule has 78 valence electrons. The van der Waals surface area contributed by atoms with E-state index in [9.17, 15) is 10.2 Å². The van der Waals surface area contributed by atoms with Gasteiger partial charge in [-0.25, -0.2) is 0 Å². The van der Waals surface area contributed by atoms with Crippen molar-refractivity contribution >= 4 is 0 Å². The van der Waals surface area contributed by atoms with Crippen LogP contribution in [0, 0.1) is 11.8 Å². The Morgan fingerprint density at radius 1 is 0.923 bits per heavy atom. The van der Waals surface area contributed by atoms with E-state index in [0.717, 1.165) is 0 Å². The maximum Gasteiger partial charge on any atom is 0.121 e. The lowest BCUT2D eigenvalue weighted by Crippen LogP contribution is -2.59. The van der Waals surface area contributed by atoms with Crippen molar-refractivity contribution < 1.29 is 14.9 Å². The van der Waals surface area contributed by atoms with Crippen molar-refractivity contribution in [1.29, 1.82) is 0 Å². The lowest BCUT2D eigenvalue weighted by Gasteiger charge is -2.41. The highest BCUT2D eigenvalue weighted by Crippen LogP contribution is 2.40. The number of rotatable bonds is 2. The lowest BCUT2D eigenvalue weighted by molar-refractivity contribution is -0.164. The molecule has 0 aromatic heterocycles. The second-order valence-corrected chi connectivity index (χ2v) is 4.65. The predicted molar refractivity (Wildman–Crippen MR) is 50.4 cm³/mol. The van der Waals surface area contributed by atoms with E-state index in [1.807, 2.05) is 27.7 Å². The Labute approximate surface area is 79.7 Å². The van der Waals surface area contributed by atoms with E-state index in [2.05, 4.69) is 0 Å². The minimum atomic E-state index is -1.10. The summed E-state index contributed by atoms with van der Waals surface area (Å²) in [4.78, 5) is 0. The molecule has 1 rings (SSSR count). The summed E-state index contributed by atoms with van der Waals surface area (Å²) in [6, 6.07) is 0. The van der Waals surface area contributed by atoms with Crippen LogP contribution in [-0.2, 0) is 4.74 Å². The molecule has 0 bridgehead atoms. The third-order valence-corrected chi connectivity index (χ3v) is 3.30. The molecule has 0 radical (unpaired) electrons. The smallest absolute Gasteiger partial charge is 0.121 e. The van der Waals surface area contributed by atoms with Gasteiger partial charge in [-0.05, 0) is 11.8 Å². The first kappa shape index (κ1) is 11.0. The van der Waals surface area contributed by atoms with Crippen molar-refractivity contribution in [3.05, 3.63) is 0 Å². The molecule has 0 aliphatic carbocycles. The molecule has 0 amide bonds. The van der Waals surface area contributed by atoms with E-state index >= 15 is 0 Å². The minimum absolute atomic E-state index is 0.00222. The molecule has 0 aromatic carbocycles. The molecular formula is C10H20O3. The molecule has 2 N–H and O–H groups in total. The standard InChI is InChI=1S/C10H20O3/c1-7(2)9(11)5-13-6-10(9,12)8(3)4/h7-8,11-12H,5-6H2,1-4H3/t9-,10?/m1/s1. The minimum Gasteiger partial charge on any atom is -0.384 e. The Bertz CT molecular complexity index is 171. The fraction of sp³-hybridized carbons (Fsp3) is 1.00. The Kier molecular flexibility index (Phi) is 2.72. The van der Waals surface area contributed by atoms with E-state index in [1.54, 1.807) is 0 Å². The van der Waals surface area contributed by atoms with Gasteiger partial charge in [0.05, 0.1) is 13.2 Å². The zero-order chi connectivity index (χ0) is 10.3. The van der Waals surface area contributed by atoms with Gasteiger partial charge in [-0.2, -0.15) is 0 Å². The van der Waals surface area contributed by atoms with Crippen LogP contribution in [0.4, 0.5) is 0 Å². The van der Waals surface area contributed by atoms with Gasteiger partial charge in [0.25, 0.3) is 0 Å². The number of hydrogen-bond acceptors (Lipinski definition) is 3. The Morgan fingerprint density at radius 3 is 1.46 bits per heavy atom. The van der Waals surface area contributed by atoms with Crippen LogP contribution in [0.3, 0.4) is 0 Å². The third kappa shape index (κ3) is 1.39. The fourth-order valence-electron chi connectivity index (χ4n) is 1.95. The second-order valence-electron chi connectivity index (χ2n) is 4.65. The molecule has 3 heteroatoms. The summed E-state index contributed by atoms with van der Waals surface area (Å²) in [6.07, 6.45) is 0. The quantitative estimate of drug-likeness (QED) is 0.673. The highest BCUT2D eigenvalue weighted by atomic mass is 16.5. The third-order valence-electron chi connectivity index (χ3n) is 3.30. The zero-order valence-corrected chi connectivity index (χ0v) is 8.87. The highest BCUT2D eigenvalue weighted by molar-refractivity contribution is 5.07. The van der Waals surface area contributed by atoms with Gasteiger partial charge in [0.1, 0.15) is 11.2 Å². The van der Waals surface area contributed by atoms with Crippen molar-refractivity contribution in [1.82, 2.24) is 0 Å².